The van der Waals surface area contributed by atoms with Crippen LogP contribution >= 0.6 is 0 Å². The summed E-state index contributed by atoms with van der Waals surface area (Å²) in [6.07, 6.45) is 10.2. The van der Waals surface area contributed by atoms with Crippen LogP contribution in [-0.4, -0.2) is 45.4 Å². The molecular weight excluding hydrogens is 226 g/mol. The van der Waals surface area contributed by atoms with Gasteiger partial charge in [0.05, 0.1) is 11.7 Å². The summed E-state index contributed by atoms with van der Waals surface area (Å²) in [6.45, 7) is 7.18. The summed E-state index contributed by atoms with van der Waals surface area (Å²) in [4.78, 5) is 2.33. The number of nitrogens with zero attached hydrogens (tertiary/aromatic N) is 1. The Bertz CT molecular complexity index is 356. The minimum absolute atomic E-state index is 0.0235. The van der Waals surface area contributed by atoms with E-state index in [9.17, 15) is 10.2 Å². The number of allylic oxidation sites excluding steroid dienone is 2. The van der Waals surface area contributed by atoms with Crippen LogP contribution < -0.4 is 0 Å². The Morgan fingerprint density at radius 1 is 1.33 bits per heavy atom. The number of aliphatic hydroxyl groups is 2. The van der Waals surface area contributed by atoms with E-state index in [0.717, 1.165) is 19.4 Å². The minimum Gasteiger partial charge on any atom is -0.391 e. The molecule has 2 N–H and O–H groups in total. The molecule has 3 nitrogen and oxygen atoms in total. The second-order valence-corrected chi connectivity index (χ2v) is 6.18. The lowest BCUT2D eigenvalue weighted by Crippen LogP contribution is -2.47. The molecule has 0 saturated carbocycles. The number of aliphatic hydroxyl groups excluding tert-OH is 1. The number of rotatable bonds is 3. The molecule has 2 aliphatic rings. The first-order valence-electron chi connectivity index (χ1n) is 6.89. The predicted octanol–water partition coefficient (Wildman–Crippen LogP) is 1.71. The third kappa shape index (κ3) is 2.40. The molecule has 1 fully saturated rings. The van der Waals surface area contributed by atoms with Crippen molar-refractivity contribution >= 4 is 0 Å². The van der Waals surface area contributed by atoms with Crippen LogP contribution in [0.5, 0.6) is 0 Å². The molecule has 1 saturated heterocycles. The lowest BCUT2D eigenvalue weighted by molar-refractivity contribution is -0.0241. The maximum absolute atomic E-state index is 10.2. The van der Waals surface area contributed by atoms with Crippen LogP contribution in [0.25, 0.3) is 0 Å². The van der Waals surface area contributed by atoms with Gasteiger partial charge in [-0.1, -0.05) is 31.2 Å². The fourth-order valence-corrected chi connectivity index (χ4v) is 3.22. The zero-order valence-electron chi connectivity index (χ0n) is 11.6. The molecule has 0 bridgehead atoms. The number of β-amino-alcohol motifs (C(OH)–C–C–N with tert-alkyl or cyclic N) is 1. The van der Waals surface area contributed by atoms with Crippen LogP contribution in [0.15, 0.2) is 24.3 Å². The second-order valence-electron chi connectivity index (χ2n) is 6.18. The average Bonchev–Trinajstić information content (AvgIpc) is 2.72. The lowest BCUT2D eigenvalue weighted by Gasteiger charge is -2.40. The van der Waals surface area contributed by atoms with Crippen LogP contribution in [0.4, 0.5) is 0 Å². The third-order valence-electron chi connectivity index (χ3n) is 4.56. The molecule has 0 amide bonds. The van der Waals surface area contributed by atoms with Crippen LogP contribution in [0.2, 0.25) is 0 Å². The van der Waals surface area contributed by atoms with Crippen molar-refractivity contribution < 1.29 is 10.2 Å². The monoisotopic (exact) mass is 251 g/mol. The van der Waals surface area contributed by atoms with Crippen LogP contribution in [0, 0.1) is 5.92 Å². The van der Waals surface area contributed by atoms with E-state index >= 15 is 0 Å². The molecule has 0 aromatic rings. The van der Waals surface area contributed by atoms with Gasteiger partial charge in [0.1, 0.15) is 0 Å². The molecule has 0 unspecified atom stereocenters. The quantitative estimate of drug-likeness (QED) is 0.802. The summed E-state index contributed by atoms with van der Waals surface area (Å²) in [5.74, 6) is -0.0692. The molecule has 3 heteroatoms. The van der Waals surface area contributed by atoms with Crippen molar-refractivity contribution in [3.05, 3.63) is 24.3 Å². The molecule has 0 radical (unpaired) electrons. The SMILES string of the molecule is CC[C@@]1(N2C[C@@H](C(C)(C)O)[C@@H](O)C2)C=CC=CC1. The average molecular weight is 251 g/mol. The summed E-state index contributed by atoms with van der Waals surface area (Å²) in [5, 5.41) is 20.3. The largest absolute Gasteiger partial charge is 0.391 e. The van der Waals surface area contributed by atoms with Gasteiger partial charge in [-0.3, -0.25) is 4.90 Å². The van der Waals surface area contributed by atoms with Gasteiger partial charge in [0.2, 0.25) is 0 Å². The molecule has 2 rings (SSSR count). The first-order valence-corrected chi connectivity index (χ1v) is 6.89. The fourth-order valence-electron chi connectivity index (χ4n) is 3.22. The maximum atomic E-state index is 10.2. The van der Waals surface area contributed by atoms with Gasteiger partial charge in [-0.2, -0.15) is 0 Å². The van der Waals surface area contributed by atoms with Gasteiger partial charge in [-0.05, 0) is 26.7 Å². The van der Waals surface area contributed by atoms with Crippen molar-refractivity contribution in [2.24, 2.45) is 5.92 Å². The van der Waals surface area contributed by atoms with Crippen LogP contribution in [0.1, 0.15) is 33.6 Å². The molecule has 0 aromatic carbocycles. The van der Waals surface area contributed by atoms with E-state index in [2.05, 4.69) is 36.1 Å². The zero-order valence-corrected chi connectivity index (χ0v) is 11.6. The van der Waals surface area contributed by atoms with E-state index in [4.69, 9.17) is 0 Å². The van der Waals surface area contributed by atoms with Crippen molar-refractivity contribution in [1.29, 1.82) is 0 Å². The lowest BCUT2D eigenvalue weighted by atomic mass is 9.86. The predicted molar refractivity (Wildman–Crippen MR) is 73.3 cm³/mol. The van der Waals surface area contributed by atoms with E-state index in [1.165, 1.54) is 0 Å². The van der Waals surface area contributed by atoms with Crippen molar-refractivity contribution in [3.63, 3.8) is 0 Å². The zero-order chi connectivity index (χ0) is 13.4. The third-order valence-corrected chi connectivity index (χ3v) is 4.56. The molecule has 0 aromatic heterocycles. The first-order chi connectivity index (χ1) is 8.39. The number of hydrogen-bond acceptors (Lipinski definition) is 3. The van der Waals surface area contributed by atoms with Gasteiger partial charge in [-0.15, -0.1) is 0 Å². The maximum Gasteiger partial charge on any atom is 0.0735 e. The highest BCUT2D eigenvalue weighted by Gasteiger charge is 2.46. The molecule has 1 heterocycles. The van der Waals surface area contributed by atoms with Gasteiger partial charge >= 0.3 is 0 Å². The van der Waals surface area contributed by atoms with Crippen molar-refractivity contribution in [1.82, 2.24) is 4.90 Å². The first kappa shape index (κ1) is 13.8. The Balaban J connectivity index is 2.16. The summed E-state index contributed by atoms with van der Waals surface area (Å²) in [6, 6.07) is 0. The molecule has 0 spiro atoms. The van der Waals surface area contributed by atoms with E-state index in [1.54, 1.807) is 13.8 Å². The van der Waals surface area contributed by atoms with Gasteiger partial charge in [0.15, 0.2) is 0 Å². The Morgan fingerprint density at radius 3 is 2.50 bits per heavy atom. The number of hydrogen-bond donors (Lipinski definition) is 2. The van der Waals surface area contributed by atoms with E-state index < -0.39 is 11.7 Å². The van der Waals surface area contributed by atoms with Gasteiger partial charge < -0.3 is 10.2 Å². The molecule has 1 aliphatic heterocycles. The summed E-state index contributed by atoms with van der Waals surface area (Å²) in [7, 11) is 0. The van der Waals surface area contributed by atoms with E-state index in [0.29, 0.717) is 6.54 Å². The van der Waals surface area contributed by atoms with Gasteiger partial charge in [0.25, 0.3) is 0 Å². The molecule has 3 atom stereocenters. The fraction of sp³-hybridized carbons (Fsp3) is 0.733. The molecule has 18 heavy (non-hydrogen) atoms. The smallest absolute Gasteiger partial charge is 0.0735 e. The molecular formula is C15H25NO2. The van der Waals surface area contributed by atoms with Crippen molar-refractivity contribution in [2.45, 2.75) is 50.9 Å². The summed E-state index contributed by atoms with van der Waals surface area (Å²) >= 11 is 0. The van der Waals surface area contributed by atoms with Gasteiger partial charge in [-0.25, -0.2) is 0 Å². The standard InChI is InChI=1S/C15H25NO2/c1-4-15(8-6-5-7-9-15)16-10-12(13(17)11-16)14(2,3)18/h5-8,12-13,17-18H,4,9-11H2,1-3H3/t12-,13+,15-/m1/s1. The number of likely N-dealkylation sites (tertiary alicyclic amines) is 1. The van der Waals surface area contributed by atoms with Gasteiger partial charge in [0, 0.05) is 24.5 Å². The highest BCUT2D eigenvalue weighted by molar-refractivity contribution is 5.22. The normalized spacial score (nSPS) is 37.4. The highest BCUT2D eigenvalue weighted by atomic mass is 16.3. The summed E-state index contributed by atoms with van der Waals surface area (Å²) < 4.78 is 0. The van der Waals surface area contributed by atoms with E-state index in [-0.39, 0.29) is 11.5 Å². The van der Waals surface area contributed by atoms with Crippen molar-refractivity contribution in [2.75, 3.05) is 13.1 Å². The highest BCUT2D eigenvalue weighted by Crippen LogP contribution is 2.37. The second kappa shape index (κ2) is 4.80. The summed E-state index contributed by atoms with van der Waals surface area (Å²) in [5.41, 5.74) is -0.799. The van der Waals surface area contributed by atoms with Crippen molar-refractivity contribution in [3.8, 4) is 0 Å². The topological polar surface area (TPSA) is 43.7 Å². The Hall–Kier alpha value is -0.640. The Kier molecular flexibility index (Phi) is 3.67. The minimum atomic E-state index is -0.822. The Labute approximate surface area is 110 Å². The van der Waals surface area contributed by atoms with Crippen LogP contribution in [-0.2, 0) is 0 Å². The Morgan fingerprint density at radius 2 is 2.06 bits per heavy atom. The molecule has 102 valence electrons. The van der Waals surface area contributed by atoms with Crippen LogP contribution in [0.3, 0.4) is 0 Å². The van der Waals surface area contributed by atoms with E-state index in [1.807, 2.05) is 0 Å². The molecule has 1 aliphatic carbocycles.